The molecule has 0 radical (unpaired) electrons. The second-order valence-electron chi connectivity index (χ2n) is 2.67. The average molecular weight is 209 g/mol. The fourth-order valence-electron chi connectivity index (χ4n) is 0.823. The van der Waals surface area contributed by atoms with E-state index in [0.717, 1.165) is 6.54 Å². The van der Waals surface area contributed by atoms with Gasteiger partial charge in [-0.25, -0.2) is 4.57 Å². The molecular weight excluding hydrogens is 194 g/mol. The predicted octanol–water partition coefficient (Wildman–Crippen LogP) is -0.457. The first-order chi connectivity index (χ1) is 7.20. The van der Waals surface area contributed by atoms with Crippen LogP contribution in [0.15, 0.2) is 43.2 Å². The maximum absolute atomic E-state index is 9.36. The highest BCUT2D eigenvalue weighted by molar-refractivity contribution is 5.65. The Kier molecular flexibility index (Phi) is 7.90. The lowest BCUT2D eigenvalue weighted by atomic mass is 10.5. The van der Waals surface area contributed by atoms with E-state index in [0.29, 0.717) is 0 Å². The molecule has 1 aromatic rings. The third-order valence-corrected chi connectivity index (χ3v) is 1.38. The van der Waals surface area contributed by atoms with Crippen LogP contribution in [-0.4, -0.2) is 19.7 Å². The van der Waals surface area contributed by atoms with Crippen LogP contribution >= 0.6 is 0 Å². The lowest BCUT2D eigenvalue weighted by Gasteiger charge is -1.94. The third-order valence-electron chi connectivity index (χ3n) is 1.38. The molecule has 82 valence electrons. The van der Waals surface area contributed by atoms with Gasteiger partial charge < -0.3 is 14.6 Å². The fraction of sp³-hybridized carbons (Fsp3) is 0.273. The number of carbonyl (C=O) groups excluding carboxylic acids is 1. The summed E-state index contributed by atoms with van der Waals surface area (Å²) in [6.45, 7) is 4.21. The van der Waals surface area contributed by atoms with E-state index in [2.05, 4.69) is 15.9 Å². The van der Waals surface area contributed by atoms with Crippen molar-refractivity contribution < 1.29 is 19.2 Å². The first-order valence-electron chi connectivity index (χ1n) is 4.44. The molecule has 0 bridgehead atoms. The van der Waals surface area contributed by atoms with Gasteiger partial charge in [0.1, 0.15) is 0 Å². The lowest BCUT2D eigenvalue weighted by Crippen LogP contribution is -2.30. The molecule has 0 fully saturated rings. The van der Waals surface area contributed by atoms with Gasteiger partial charge in [0.05, 0.1) is 12.6 Å². The van der Waals surface area contributed by atoms with Crippen molar-refractivity contribution in [3.63, 3.8) is 0 Å². The smallest absolute Gasteiger partial charge is 0.169 e. The van der Waals surface area contributed by atoms with Crippen molar-refractivity contribution in [1.29, 1.82) is 0 Å². The Morgan fingerprint density at radius 1 is 1.47 bits per heavy atom. The highest BCUT2D eigenvalue weighted by atomic mass is 16.5. The summed E-state index contributed by atoms with van der Waals surface area (Å²) in [6, 6.07) is 6.01. The van der Waals surface area contributed by atoms with Gasteiger partial charge in [0, 0.05) is 19.2 Å². The molecule has 0 aliphatic rings. The van der Waals surface area contributed by atoms with Gasteiger partial charge in [0.2, 0.25) is 0 Å². The number of allylic oxidation sites excluding steroid dienone is 1. The van der Waals surface area contributed by atoms with Gasteiger partial charge >= 0.3 is 0 Å². The topological polar surface area (TPSA) is 53.2 Å². The number of ether oxygens (including phenoxy) is 1. The summed E-state index contributed by atoms with van der Waals surface area (Å²) >= 11 is 0. The maximum atomic E-state index is 9.36. The molecule has 0 saturated carbocycles. The summed E-state index contributed by atoms with van der Waals surface area (Å²) in [6.07, 6.45) is 5.91. The second kappa shape index (κ2) is 8.90. The third kappa shape index (κ3) is 8.64. The van der Waals surface area contributed by atoms with Crippen molar-refractivity contribution >= 4 is 5.97 Å². The van der Waals surface area contributed by atoms with Gasteiger partial charge in [-0.15, -0.1) is 0 Å². The van der Waals surface area contributed by atoms with Crippen LogP contribution < -0.4 is 9.67 Å². The summed E-state index contributed by atoms with van der Waals surface area (Å²) in [5.74, 6) is -1.18. The van der Waals surface area contributed by atoms with Crippen molar-refractivity contribution in [3.05, 3.63) is 43.2 Å². The molecule has 4 heteroatoms. The Labute approximate surface area is 89.4 Å². The zero-order chi connectivity index (χ0) is 11.5. The molecule has 0 aromatic carbocycles. The van der Waals surface area contributed by atoms with Gasteiger partial charge in [-0.1, -0.05) is 12.6 Å². The number of carboxylic acid groups (broad SMARTS) is 1. The zero-order valence-electron chi connectivity index (χ0n) is 8.76. The number of rotatable bonds is 4. The Hall–Kier alpha value is -1.68. The molecule has 1 heterocycles. The number of aromatic nitrogens is 1. The molecule has 15 heavy (non-hydrogen) atoms. The second-order valence-corrected chi connectivity index (χ2v) is 2.67. The van der Waals surface area contributed by atoms with Crippen LogP contribution in [0.1, 0.15) is 0 Å². The van der Waals surface area contributed by atoms with E-state index in [-0.39, 0.29) is 6.61 Å². The molecule has 0 saturated heterocycles. The van der Waals surface area contributed by atoms with Crippen LogP contribution in [-0.2, 0) is 16.1 Å². The molecule has 1 aromatic heterocycles. The van der Waals surface area contributed by atoms with E-state index in [1.807, 2.05) is 36.7 Å². The largest absolute Gasteiger partial charge is 0.548 e. The molecule has 0 atom stereocenters. The normalized spacial score (nSPS) is 8.60. The van der Waals surface area contributed by atoms with Gasteiger partial charge in [0.25, 0.3) is 0 Å². The maximum Gasteiger partial charge on any atom is 0.169 e. The Balaban J connectivity index is 0.000000288. The van der Waals surface area contributed by atoms with Crippen molar-refractivity contribution in [2.45, 2.75) is 6.54 Å². The van der Waals surface area contributed by atoms with Gasteiger partial charge in [0.15, 0.2) is 18.9 Å². The average Bonchev–Trinajstić information content (AvgIpc) is 2.20. The summed E-state index contributed by atoms with van der Waals surface area (Å²) < 4.78 is 6.20. The number of pyridine rings is 1. The van der Waals surface area contributed by atoms with Gasteiger partial charge in [-0.3, -0.25) is 0 Å². The fourth-order valence-corrected chi connectivity index (χ4v) is 0.823. The number of nitrogens with zero attached hydrogens (tertiary/aromatic N) is 1. The molecular formula is C11H15NO3. The van der Waals surface area contributed by atoms with Crippen LogP contribution in [0, 0.1) is 0 Å². The number of carbonyl (C=O) groups is 1. The molecule has 0 N–H and O–H groups in total. The summed E-state index contributed by atoms with van der Waals surface area (Å²) in [4.78, 5) is 9.36. The monoisotopic (exact) mass is 209 g/mol. The molecule has 1 rings (SSSR count). The van der Waals surface area contributed by atoms with Crippen LogP contribution in [0.4, 0.5) is 0 Å². The van der Waals surface area contributed by atoms with Crippen molar-refractivity contribution in [2.24, 2.45) is 0 Å². The molecule has 0 unspecified atom stereocenters. The van der Waals surface area contributed by atoms with Gasteiger partial charge in [-0.2, -0.15) is 0 Å². The predicted molar refractivity (Wildman–Crippen MR) is 53.7 cm³/mol. The van der Waals surface area contributed by atoms with E-state index in [9.17, 15) is 9.90 Å². The van der Waals surface area contributed by atoms with Crippen LogP contribution in [0.25, 0.3) is 0 Å². The van der Waals surface area contributed by atoms with Crippen molar-refractivity contribution in [2.75, 3.05) is 13.7 Å². The molecule has 4 nitrogen and oxygen atoms in total. The molecule has 0 aliphatic heterocycles. The molecule has 0 spiro atoms. The van der Waals surface area contributed by atoms with Crippen LogP contribution in [0.2, 0.25) is 0 Å². The van der Waals surface area contributed by atoms with Gasteiger partial charge in [-0.05, 0) is 6.08 Å². The minimum absolute atomic E-state index is 0.319. The number of methoxy groups -OCH3 is 1. The van der Waals surface area contributed by atoms with Crippen LogP contribution in [0.3, 0.4) is 0 Å². The summed E-state index contributed by atoms with van der Waals surface area (Å²) in [5, 5.41) is 9.36. The van der Waals surface area contributed by atoms with E-state index in [1.54, 1.807) is 0 Å². The Morgan fingerprint density at radius 2 is 2.07 bits per heavy atom. The highest BCUT2D eigenvalue weighted by Crippen LogP contribution is 1.75. The molecule has 0 amide bonds. The quantitative estimate of drug-likeness (QED) is 0.498. The van der Waals surface area contributed by atoms with E-state index in [1.165, 1.54) is 7.11 Å². The van der Waals surface area contributed by atoms with E-state index in [4.69, 9.17) is 0 Å². The number of aliphatic carboxylic acids is 1. The SMILES string of the molecule is C=CC[n+]1ccccc1.COCC(=O)[O-]. The number of hydrogen-bond acceptors (Lipinski definition) is 3. The first kappa shape index (κ1) is 13.3. The lowest BCUT2D eigenvalue weighted by molar-refractivity contribution is -0.687. The Bertz CT molecular complexity index is 285. The standard InChI is InChI=1S/C8H10N.C3H6O3/c1-2-6-9-7-4-3-5-8-9;1-6-2-3(4)5/h2-5,7-8H,1,6H2;2H2,1H3,(H,4,5)/q+1;/p-1. The van der Waals surface area contributed by atoms with E-state index >= 15 is 0 Å². The van der Waals surface area contributed by atoms with E-state index < -0.39 is 5.97 Å². The zero-order valence-corrected chi connectivity index (χ0v) is 8.76. The summed E-state index contributed by atoms with van der Waals surface area (Å²) in [7, 11) is 1.30. The summed E-state index contributed by atoms with van der Waals surface area (Å²) in [5.41, 5.74) is 0. The first-order valence-corrected chi connectivity index (χ1v) is 4.44. The number of hydrogen-bond donors (Lipinski definition) is 0. The Morgan fingerprint density at radius 3 is 2.40 bits per heavy atom. The number of carboxylic acids is 1. The molecule has 0 aliphatic carbocycles. The van der Waals surface area contributed by atoms with Crippen molar-refractivity contribution in [3.8, 4) is 0 Å². The van der Waals surface area contributed by atoms with Crippen LogP contribution in [0.5, 0.6) is 0 Å². The minimum Gasteiger partial charge on any atom is -0.548 e. The van der Waals surface area contributed by atoms with Crippen molar-refractivity contribution in [1.82, 2.24) is 0 Å². The minimum atomic E-state index is -1.18. The highest BCUT2D eigenvalue weighted by Gasteiger charge is 1.88.